The highest BCUT2D eigenvalue weighted by Crippen LogP contribution is 2.16. The van der Waals surface area contributed by atoms with Gasteiger partial charge in [-0.2, -0.15) is 0 Å². The number of hydrogen-bond acceptors (Lipinski definition) is 4. The third-order valence-corrected chi connectivity index (χ3v) is 2.43. The van der Waals surface area contributed by atoms with Gasteiger partial charge in [0.05, 0.1) is 5.69 Å². The van der Waals surface area contributed by atoms with E-state index in [1.54, 1.807) is 13.0 Å². The zero-order valence-corrected chi connectivity index (χ0v) is 10.0. The molecule has 0 radical (unpaired) electrons. The average Bonchev–Trinajstić information content (AvgIpc) is 2.27. The minimum atomic E-state index is -0.763. The number of H-pyrrole nitrogens is 1. The summed E-state index contributed by atoms with van der Waals surface area (Å²) >= 11 is 0. The lowest BCUT2D eigenvalue weighted by Crippen LogP contribution is -2.23. The zero-order chi connectivity index (χ0) is 13.3. The van der Waals surface area contributed by atoms with E-state index < -0.39 is 11.5 Å². The van der Waals surface area contributed by atoms with Gasteiger partial charge in [0.15, 0.2) is 0 Å². The van der Waals surface area contributed by atoms with Crippen LogP contribution in [0.5, 0.6) is 0 Å². The molecule has 0 atom stereocenters. The van der Waals surface area contributed by atoms with E-state index in [4.69, 9.17) is 5.73 Å². The van der Waals surface area contributed by atoms with Crippen LogP contribution in [-0.2, 0) is 0 Å². The van der Waals surface area contributed by atoms with Gasteiger partial charge in [-0.05, 0) is 26.0 Å². The smallest absolute Gasteiger partial charge is 0.260 e. The minimum absolute atomic E-state index is 0.0820. The molecule has 2 rings (SSSR count). The summed E-state index contributed by atoms with van der Waals surface area (Å²) in [6.07, 6.45) is 1.50. The van der Waals surface area contributed by atoms with E-state index in [0.717, 1.165) is 5.69 Å². The van der Waals surface area contributed by atoms with Crippen molar-refractivity contribution in [2.75, 3.05) is 0 Å². The van der Waals surface area contributed by atoms with Gasteiger partial charge in [0.25, 0.3) is 11.5 Å². The molecule has 0 aromatic carbocycles. The molecule has 0 spiro atoms. The first-order valence-corrected chi connectivity index (χ1v) is 5.32. The number of carbonyl (C=O) groups is 1. The summed E-state index contributed by atoms with van der Waals surface area (Å²) in [5.41, 5.74) is 6.61. The summed E-state index contributed by atoms with van der Waals surface area (Å²) in [7, 11) is 0. The first-order valence-electron chi connectivity index (χ1n) is 5.32. The van der Waals surface area contributed by atoms with Gasteiger partial charge in [-0.25, -0.2) is 9.97 Å². The summed E-state index contributed by atoms with van der Waals surface area (Å²) in [6, 6.07) is 3.20. The maximum Gasteiger partial charge on any atom is 0.260 e. The Labute approximate surface area is 103 Å². The molecule has 0 fully saturated rings. The monoisotopic (exact) mass is 244 g/mol. The lowest BCUT2D eigenvalue weighted by atomic mass is 10.1. The third-order valence-electron chi connectivity index (χ3n) is 2.43. The fraction of sp³-hybridized carbons (Fsp3) is 0.167. The van der Waals surface area contributed by atoms with Gasteiger partial charge in [0, 0.05) is 17.5 Å². The third kappa shape index (κ3) is 2.27. The van der Waals surface area contributed by atoms with Crippen molar-refractivity contribution < 1.29 is 4.79 Å². The summed E-state index contributed by atoms with van der Waals surface area (Å²) in [5.74, 6) is -0.141. The maximum absolute atomic E-state index is 11.4. The lowest BCUT2D eigenvalue weighted by Gasteiger charge is -2.04. The quantitative estimate of drug-likeness (QED) is 0.805. The van der Waals surface area contributed by atoms with E-state index in [2.05, 4.69) is 15.0 Å². The first kappa shape index (κ1) is 12.0. The number of nitrogens with zero attached hydrogens (tertiary/aromatic N) is 2. The van der Waals surface area contributed by atoms with Gasteiger partial charge in [-0.3, -0.25) is 9.59 Å². The Bertz CT molecular complexity index is 656. The Balaban J connectivity index is 2.61. The molecule has 92 valence electrons. The van der Waals surface area contributed by atoms with Gasteiger partial charge in [0.2, 0.25) is 0 Å². The Morgan fingerprint density at radius 2 is 2.00 bits per heavy atom. The molecule has 6 heteroatoms. The highest BCUT2D eigenvalue weighted by molar-refractivity contribution is 5.93. The topological polar surface area (TPSA) is 102 Å². The summed E-state index contributed by atoms with van der Waals surface area (Å²) in [5, 5.41) is 0. The number of nitrogens with two attached hydrogens (primary N) is 1. The highest BCUT2D eigenvalue weighted by atomic mass is 16.2. The Morgan fingerprint density at radius 3 is 2.61 bits per heavy atom. The fourth-order valence-electron chi connectivity index (χ4n) is 1.68. The standard InChI is InChI=1S/C12H12N4O2/c1-6-3-10(16-7(2)15-6)8-4-9(11(13)17)12(18)14-5-8/h3-5H,1-2H3,(H2,13,17)(H,14,18). The van der Waals surface area contributed by atoms with Crippen LogP contribution in [0, 0.1) is 13.8 Å². The van der Waals surface area contributed by atoms with Crippen molar-refractivity contribution in [3.05, 3.63) is 45.8 Å². The van der Waals surface area contributed by atoms with E-state index in [-0.39, 0.29) is 5.56 Å². The Morgan fingerprint density at radius 1 is 1.28 bits per heavy atom. The van der Waals surface area contributed by atoms with Gasteiger partial charge in [-0.15, -0.1) is 0 Å². The fourth-order valence-corrected chi connectivity index (χ4v) is 1.68. The van der Waals surface area contributed by atoms with Crippen LogP contribution >= 0.6 is 0 Å². The SMILES string of the molecule is Cc1cc(-c2c[nH]c(=O)c(C(N)=O)c2)nc(C)n1. The van der Waals surface area contributed by atoms with Crippen LogP contribution in [0.3, 0.4) is 0 Å². The second-order valence-corrected chi connectivity index (χ2v) is 3.94. The molecule has 0 saturated heterocycles. The van der Waals surface area contributed by atoms with Crippen LogP contribution < -0.4 is 11.3 Å². The van der Waals surface area contributed by atoms with Crippen LogP contribution in [0.15, 0.2) is 23.1 Å². The molecule has 2 aromatic rings. The van der Waals surface area contributed by atoms with E-state index in [9.17, 15) is 9.59 Å². The van der Waals surface area contributed by atoms with E-state index >= 15 is 0 Å². The normalized spacial score (nSPS) is 10.3. The molecular formula is C12H12N4O2. The van der Waals surface area contributed by atoms with E-state index in [1.807, 2.05) is 6.92 Å². The van der Waals surface area contributed by atoms with Crippen LogP contribution in [0.4, 0.5) is 0 Å². The number of aromatic nitrogens is 3. The van der Waals surface area contributed by atoms with Gasteiger partial charge < -0.3 is 10.7 Å². The molecule has 2 heterocycles. The number of nitrogens with one attached hydrogen (secondary N) is 1. The van der Waals surface area contributed by atoms with Crippen molar-refractivity contribution in [3.8, 4) is 11.3 Å². The van der Waals surface area contributed by atoms with E-state index in [1.165, 1.54) is 12.3 Å². The van der Waals surface area contributed by atoms with Crippen LogP contribution in [0.1, 0.15) is 21.9 Å². The number of carbonyl (C=O) groups excluding carboxylic acids is 1. The molecule has 2 aromatic heterocycles. The molecule has 0 bridgehead atoms. The number of aryl methyl sites for hydroxylation is 2. The van der Waals surface area contributed by atoms with Crippen molar-refractivity contribution in [1.82, 2.24) is 15.0 Å². The summed E-state index contributed by atoms with van der Waals surface area (Å²) < 4.78 is 0. The Hall–Kier alpha value is -2.50. The highest BCUT2D eigenvalue weighted by Gasteiger charge is 2.10. The van der Waals surface area contributed by atoms with Crippen LogP contribution in [0.25, 0.3) is 11.3 Å². The van der Waals surface area contributed by atoms with Crippen LogP contribution in [-0.4, -0.2) is 20.9 Å². The minimum Gasteiger partial charge on any atom is -0.365 e. The number of pyridine rings is 1. The number of rotatable bonds is 2. The second kappa shape index (κ2) is 4.40. The maximum atomic E-state index is 11.4. The molecule has 3 N–H and O–H groups in total. The second-order valence-electron chi connectivity index (χ2n) is 3.94. The predicted molar refractivity (Wildman–Crippen MR) is 66.1 cm³/mol. The van der Waals surface area contributed by atoms with Crippen molar-refractivity contribution in [2.24, 2.45) is 5.73 Å². The Kier molecular flexibility index (Phi) is 2.93. The van der Waals surface area contributed by atoms with Crippen molar-refractivity contribution in [2.45, 2.75) is 13.8 Å². The van der Waals surface area contributed by atoms with Crippen LogP contribution in [0.2, 0.25) is 0 Å². The largest absolute Gasteiger partial charge is 0.365 e. The number of aromatic amines is 1. The molecule has 1 amide bonds. The van der Waals surface area contributed by atoms with Gasteiger partial charge in [-0.1, -0.05) is 0 Å². The number of amides is 1. The predicted octanol–water partition coefficient (Wildman–Crippen LogP) is 0.548. The lowest BCUT2D eigenvalue weighted by molar-refractivity contribution is 0.0999. The first-order chi connectivity index (χ1) is 8.47. The van der Waals surface area contributed by atoms with Gasteiger partial charge in [0.1, 0.15) is 11.4 Å². The molecule has 0 aliphatic rings. The van der Waals surface area contributed by atoms with Crippen molar-refractivity contribution in [1.29, 1.82) is 0 Å². The van der Waals surface area contributed by atoms with E-state index in [0.29, 0.717) is 17.1 Å². The zero-order valence-electron chi connectivity index (χ0n) is 10.0. The summed E-state index contributed by atoms with van der Waals surface area (Å²) in [6.45, 7) is 3.62. The number of primary amides is 1. The molecule has 0 saturated carbocycles. The number of hydrogen-bond donors (Lipinski definition) is 2. The average molecular weight is 244 g/mol. The molecule has 0 aliphatic heterocycles. The molecule has 0 unspecified atom stereocenters. The molecule has 0 aliphatic carbocycles. The van der Waals surface area contributed by atoms with Gasteiger partial charge >= 0.3 is 0 Å². The molecule has 6 nitrogen and oxygen atoms in total. The molecular weight excluding hydrogens is 232 g/mol. The summed E-state index contributed by atoms with van der Waals surface area (Å²) in [4.78, 5) is 33.4. The van der Waals surface area contributed by atoms with Crippen molar-refractivity contribution in [3.63, 3.8) is 0 Å². The van der Waals surface area contributed by atoms with Crippen molar-refractivity contribution >= 4 is 5.91 Å². The molecule has 18 heavy (non-hydrogen) atoms.